The number of nitrogens with zero attached hydrogens (tertiary/aromatic N) is 1. The van der Waals surface area contributed by atoms with E-state index in [-0.39, 0.29) is 12.5 Å². The molecule has 0 saturated heterocycles. The molecule has 0 aliphatic carbocycles. The number of rotatable bonds is 4. The number of halogens is 1. The van der Waals surface area contributed by atoms with E-state index >= 15 is 0 Å². The topological polar surface area (TPSA) is 62.2 Å². The molecule has 1 heterocycles. The van der Waals surface area contributed by atoms with Crippen molar-refractivity contribution in [1.82, 2.24) is 4.98 Å². The Bertz CT molecular complexity index is 573. The van der Waals surface area contributed by atoms with E-state index in [0.29, 0.717) is 17.8 Å². The minimum atomic E-state index is -0.254. The van der Waals surface area contributed by atoms with E-state index in [1.165, 1.54) is 0 Å². The van der Waals surface area contributed by atoms with Crippen molar-refractivity contribution in [2.45, 2.75) is 6.42 Å². The molecule has 5 heteroatoms. The molecule has 0 saturated carbocycles. The summed E-state index contributed by atoms with van der Waals surface area (Å²) in [6.45, 7) is 0.103. The van der Waals surface area contributed by atoms with E-state index in [9.17, 15) is 4.79 Å². The zero-order chi connectivity index (χ0) is 13.7. The lowest BCUT2D eigenvalue weighted by Gasteiger charge is -2.08. The molecule has 1 amide bonds. The number of benzene rings is 1. The van der Waals surface area contributed by atoms with Gasteiger partial charge in [-0.15, -0.1) is 0 Å². The lowest BCUT2D eigenvalue weighted by atomic mass is 10.1. The lowest BCUT2D eigenvalue weighted by Crippen LogP contribution is -2.13. The minimum Gasteiger partial charge on any atom is -0.396 e. The average molecular weight is 321 g/mol. The van der Waals surface area contributed by atoms with Crippen LogP contribution in [0.5, 0.6) is 0 Å². The molecule has 0 radical (unpaired) electrons. The molecule has 0 aliphatic heterocycles. The SMILES string of the molecule is O=C(Nc1ccc(CCO)cc1Br)c1ccccn1. The summed E-state index contributed by atoms with van der Waals surface area (Å²) in [6, 6.07) is 10.7. The maximum atomic E-state index is 11.9. The normalized spacial score (nSPS) is 10.2. The smallest absolute Gasteiger partial charge is 0.274 e. The first-order valence-corrected chi connectivity index (χ1v) is 6.61. The molecule has 1 aromatic carbocycles. The van der Waals surface area contributed by atoms with E-state index in [0.717, 1.165) is 10.0 Å². The monoisotopic (exact) mass is 320 g/mol. The Kier molecular flexibility index (Phi) is 4.65. The molecule has 19 heavy (non-hydrogen) atoms. The maximum absolute atomic E-state index is 11.9. The van der Waals surface area contributed by atoms with Gasteiger partial charge in [-0.25, -0.2) is 0 Å². The Hall–Kier alpha value is -1.72. The molecular formula is C14H13BrN2O2. The average Bonchev–Trinajstić information content (AvgIpc) is 2.43. The summed E-state index contributed by atoms with van der Waals surface area (Å²) in [7, 11) is 0. The second-order valence-electron chi connectivity index (χ2n) is 3.96. The highest BCUT2D eigenvalue weighted by molar-refractivity contribution is 9.10. The van der Waals surface area contributed by atoms with Crippen LogP contribution >= 0.6 is 15.9 Å². The Morgan fingerprint density at radius 1 is 1.32 bits per heavy atom. The van der Waals surface area contributed by atoms with Crippen molar-refractivity contribution >= 4 is 27.5 Å². The van der Waals surface area contributed by atoms with Crippen molar-refractivity contribution in [3.05, 3.63) is 58.3 Å². The highest BCUT2D eigenvalue weighted by Gasteiger charge is 2.09. The van der Waals surface area contributed by atoms with Gasteiger partial charge in [-0.3, -0.25) is 9.78 Å². The summed E-state index contributed by atoms with van der Waals surface area (Å²) in [4.78, 5) is 15.9. The molecule has 0 aliphatic rings. The summed E-state index contributed by atoms with van der Waals surface area (Å²) in [5.74, 6) is -0.254. The van der Waals surface area contributed by atoms with Crippen LogP contribution in [0.3, 0.4) is 0 Å². The number of aliphatic hydroxyl groups is 1. The van der Waals surface area contributed by atoms with Gasteiger partial charge in [-0.1, -0.05) is 12.1 Å². The molecule has 2 rings (SSSR count). The Labute approximate surface area is 119 Å². The van der Waals surface area contributed by atoms with Crippen molar-refractivity contribution in [1.29, 1.82) is 0 Å². The summed E-state index contributed by atoms with van der Waals surface area (Å²) in [5, 5.41) is 11.7. The van der Waals surface area contributed by atoms with Gasteiger partial charge in [0.1, 0.15) is 5.69 Å². The fraction of sp³-hybridized carbons (Fsp3) is 0.143. The zero-order valence-corrected chi connectivity index (χ0v) is 11.7. The number of carbonyl (C=O) groups is 1. The third-order valence-corrected chi connectivity index (χ3v) is 3.24. The number of amides is 1. The zero-order valence-electron chi connectivity index (χ0n) is 10.1. The van der Waals surface area contributed by atoms with Crippen molar-refractivity contribution in [2.75, 3.05) is 11.9 Å². The van der Waals surface area contributed by atoms with Crippen molar-refractivity contribution in [2.24, 2.45) is 0 Å². The molecule has 0 spiro atoms. The van der Waals surface area contributed by atoms with Gasteiger partial charge in [-0.05, 0) is 52.2 Å². The van der Waals surface area contributed by atoms with E-state index in [2.05, 4.69) is 26.2 Å². The lowest BCUT2D eigenvalue weighted by molar-refractivity contribution is 0.102. The highest BCUT2D eigenvalue weighted by atomic mass is 79.9. The van der Waals surface area contributed by atoms with Crippen LogP contribution in [0, 0.1) is 0 Å². The van der Waals surface area contributed by atoms with Gasteiger partial charge in [0.05, 0.1) is 5.69 Å². The van der Waals surface area contributed by atoms with Crippen LogP contribution in [0.1, 0.15) is 16.1 Å². The molecule has 98 valence electrons. The third kappa shape index (κ3) is 3.62. The van der Waals surface area contributed by atoms with Crippen molar-refractivity contribution in [3.63, 3.8) is 0 Å². The molecule has 0 bridgehead atoms. The summed E-state index contributed by atoms with van der Waals surface area (Å²) in [6.07, 6.45) is 2.17. The predicted molar refractivity (Wildman–Crippen MR) is 77.1 cm³/mol. The fourth-order valence-electron chi connectivity index (χ4n) is 1.63. The van der Waals surface area contributed by atoms with Gasteiger partial charge in [0.2, 0.25) is 0 Å². The van der Waals surface area contributed by atoms with Crippen LogP contribution in [0.15, 0.2) is 47.1 Å². The first-order valence-electron chi connectivity index (χ1n) is 5.82. The van der Waals surface area contributed by atoms with Gasteiger partial charge in [-0.2, -0.15) is 0 Å². The van der Waals surface area contributed by atoms with Crippen molar-refractivity contribution in [3.8, 4) is 0 Å². The largest absolute Gasteiger partial charge is 0.396 e. The number of pyridine rings is 1. The molecule has 0 atom stereocenters. The third-order valence-electron chi connectivity index (χ3n) is 2.58. The number of anilines is 1. The fourth-order valence-corrected chi connectivity index (χ4v) is 2.15. The summed E-state index contributed by atoms with van der Waals surface area (Å²) < 4.78 is 0.780. The molecule has 0 fully saturated rings. The number of nitrogens with one attached hydrogen (secondary N) is 1. The maximum Gasteiger partial charge on any atom is 0.274 e. The molecule has 4 nitrogen and oxygen atoms in total. The number of aromatic nitrogens is 1. The number of carbonyl (C=O) groups excluding carboxylic acids is 1. The predicted octanol–water partition coefficient (Wildman–Crippen LogP) is 2.63. The minimum absolute atomic E-state index is 0.103. The van der Waals surface area contributed by atoms with E-state index in [1.807, 2.05) is 12.1 Å². The second-order valence-corrected chi connectivity index (χ2v) is 4.81. The van der Waals surface area contributed by atoms with Crippen LogP contribution in [0.2, 0.25) is 0 Å². The number of aliphatic hydroxyl groups excluding tert-OH is 1. The van der Waals surface area contributed by atoms with Crippen LogP contribution < -0.4 is 5.32 Å². The first kappa shape index (κ1) is 13.7. The van der Waals surface area contributed by atoms with Gasteiger partial charge in [0.25, 0.3) is 5.91 Å². The van der Waals surface area contributed by atoms with Gasteiger partial charge in [0, 0.05) is 17.3 Å². The van der Waals surface area contributed by atoms with Gasteiger partial charge < -0.3 is 10.4 Å². The van der Waals surface area contributed by atoms with E-state index in [4.69, 9.17) is 5.11 Å². The quantitative estimate of drug-likeness (QED) is 0.910. The van der Waals surface area contributed by atoms with E-state index in [1.54, 1.807) is 30.5 Å². The first-order chi connectivity index (χ1) is 9.20. The van der Waals surface area contributed by atoms with Crippen LogP contribution in [0.4, 0.5) is 5.69 Å². The molecule has 2 N–H and O–H groups in total. The van der Waals surface area contributed by atoms with Crippen LogP contribution in [0.25, 0.3) is 0 Å². The molecule has 2 aromatic rings. The van der Waals surface area contributed by atoms with Crippen molar-refractivity contribution < 1.29 is 9.90 Å². The number of hydrogen-bond acceptors (Lipinski definition) is 3. The summed E-state index contributed by atoms with van der Waals surface area (Å²) >= 11 is 3.40. The Balaban J connectivity index is 2.13. The standard InChI is InChI=1S/C14H13BrN2O2/c15-11-9-10(6-8-18)4-5-12(11)17-14(19)13-3-1-2-7-16-13/h1-5,7,9,18H,6,8H2,(H,17,19). The van der Waals surface area contributed by atoms with Gasteiger partial charge in [0.15, 0.2) is 0 Å². The molecular weight excluding hydrogens is 308 g/mol. The van der Waals surface area contributed by atoms with E-state index < -0.39 is 0 Å². The van der Waals surface area contributed by atoms with Gasteiger partial charge >= 0.3 is 0 Å². The van der Waals surface area contributed by atoms with Crippen LogP contribution in [-0.4, -0.2) is 22.6 Å². The second kappa shape index (κ2) is 6.45. The van der Waals surface area contributed by atoms with Crippen LogP contribution in [-0.2, 0) is 6.42 Å². The number of hydrogen-bond donors (Lipinski definition) is 2. The Morgan fingerprint density at radius 3 is 2.79 bits per heavy atom. The Morgan fingerprint density at radius 2 is 2.16 bits per heavy atom. The summed E-state index contributed by atoms with van der Waals surface area (Å²) in [5.41, 5.74) is 2.05. The molecule has 1 aromatic heterocycles. The molecule has 0 unspecified atom stereocenters. The highest BCUT2D eigenvalue weighted by Crippen LogP contribution is 2.24.